The fourth-order valence-electron chi connectivity index (χ4n) is 2.24. The average Bonchev–Trinajstić information content (AvgIpc) is 3.13. The summed E-state index contributed by atoms with van der Waals surface area (Å²) in [6.45, 7) is 5.71. The van der Waals surface area contributed by atoms with Crippen molar-refractivity contribution >= 4 is 41.3 Å². The van der Waals surface area contributed by atoms with Gasteiger partial charge in [-0.3, -0.25) is 4.99 Å². The Labute approximate surface area is 190 Å². The first kappa shape index (κ1) is 25.5. The van der Waals surface area contributed by atoms with Crippen molar-refractivity contribution in [2.75, 3.05) is 20.2 Å². The van der Waals surface area contributed by atoms with Gasteiger partial charge >= 0.3 is 6.18 Å². The van der Waals surface area contributed by atoms with Crippen LogP contribution in [0.25, 0.3) is 0 Å². The molecular weight excluding hydrogens is 516 g/mol. The van der Waals surface area contributed by atoms with E-state index in [1.165, 1.54) is 0 Å². The number of aromatic nitrogens is 1. The molecule has 0 unspecified atom stereocenters. The van der Waals surface area contributed by atoms with Crippen LogP contribution in [0.2, 0.25) is 0 Å². The van der Waals surface area contributed by atoms with Crippen LogP contribution in [0.15, 0.2) is 34.6 Å². The second-order valence-corrected chi connectivity index (χ2v) is 7.52. The van der Waals surface area contributed by atoms with Crippen LogP contribution in [0, 0.1) is 5.92 Å². The molecule has 162 valence electrons. The van der Waals surface area contributed by atoms with Crippen molar-refractivity contribution in [3.05, 3.63) is 45.9 Å². The van der Waals surface area contributed by atoms with Crippen molar-refractivity contribution in [3.8, 4) is 5.75 Å². The number of rotatable bonds is 8. The summed E-state index contributed by atoms with van der Waals surface area (Å²) in [5, 5.41) is 7.48. The molecule has 1 aromatic heterocycles. The van der Waals surface area contributed by atoms with Crippen LogP contribution in [0.1, 0.15) is 30.1 Å². The second kappa shape index (κ2) is 12.2. The summed E-state index contributed by atoms with van der Waals surface area (Å²) in [5.74, 6) is 1.85. The predicted molar refractivity (Wildman–Crippen MR) is 121 cm³/mol. The minimum atomic E-state index is -4.41. The van der Waals surface area contributed by atoms with Gasteiger partial charge in [-0.05, 0) is 30.0 Å². The molecule has 0 radical (unpaired) electrons. The maximum atomic E-state index is 12.6. The zero-order chi connectivity index (χ0) is 20.6. The number of guanidine groups is 1. The molecule has 1 heterocycles. The Morgan fingerprint density at radius 1 is 1.21 bits per heavy atom. The summed E-state index contributed by atoms with van der Waals surface area (Å²) >= 11 is 0.968. The number of alkyl halides is 3. The van der Waals surface area contributed by atoms with E-state index in [1.54, 1.807) is 7.05 Å². The third-order valence-corrected chi connectivity index (χ3v) is 4.53. The van der Waals surface area contributed by atoms with E-state index < -0.39 is 11.9 Å². The summed E-state index contributed by atoms with van der Waals surface area (Å²) in [6.07, 6.45) is -3.63. The van der Waals surface area contributed by atoms with Gasteiger partial charge in [0, 0.05) is 19.0 Å². The molecule has 0 atom stereocenters. The van der Waals surface area contributed by atoms with Crippen LogP contribution < -0.4 is 15.4 Å². The van der Waals surface area contributed by atoms with Crippen LogP contribution in [0.3, 0.4) is 0 Å². The van der Waals surface area contributed by atoms with E-state index in [-0.39, 0.29) is 30.5 Å². The molecule has 10 heteroatoms. The summed E-state index contributed by atoms with van der Waals surface area (Å²) in [6, 6.07) is 7.93. The Morgan fingerprint density at radius 3 is 2.45 bits per heavy atom. The van der Waals surface area contributed by atoms with Gasteiger partial charge in [0.1, 0.15) is 10.8 Å². The molecule has 0 bridgehead atoms. The molecule has 2 rings (SSSR count). The van der Waals surface area contributed by atoms with Gasteiger partial charge in [-0.1, -0.05) is 26.0 Å². The van der Waals surface area contributed by atoms with E-state index in [0.717, 1.165) is 34.5 Å². The number of ether oxygens (including phenoxy) is 1. The van der Waals surface area contributed by atoms with E-state index >= 15 is 0 Å². The molecule has 0 aliphatic rings. The predicted octanol–water partition coefficient (Wildman–Crippen LogP) is 4.72. The maximum absolute atomic E-state index is 12.6. The Morgan fingerprint density at radius 2 is 1.90 bits per heavy atom. The van der Waals surface area contributed by atoms with Crippen LogP contribution >= 0.6 is 35.3 Å². The van der Waals surface area contributed by atoms with E-state index in [1.807, 2.05) is 24.3 Å². The minimum absolute atomic E-state index is 0. The lowest BCUT2D eigenvalue weighted by molar-refractivity contribution is -0.140. The molecule has 29 heavy (non-hydrogen) atoms. The van der Waals surface area contributed by atoms with E-state index in [2.05, 4.69) is 34.5 Å². The Balaban J connectivity index is 0.00000420. The van der Waals surface area contributed by atoms with E-state index in [0.29, 0.717) is 30.0 Å². The smallest absolute Gasteiger partial charge is 0.434 e. The normalized spacial score (nSPS) is 11.9. The Kier molecular flexibility index (Phi) is 10.7. The summed E-state index contributed by atoms with van der Waals surface area (Å²) in [4.78, 5) is 7.66. The highest BCUT2D eigenvalue weighted by atomic mass is 127. The summed E-state index contributed by atoms with van der Waals surface area (Å²) < 4.78 is 43.4. The van der Waals surface area contributed by atoms with Gasteiger partial charge in [0.2, 0.25) is 0 Å². The fraction of sp³-hybridized carbons (Fsp3) is 0.474. The van der Waals surface area contributed by atoms with Crippen LogP contribution in [0.4, 0.5) is 13.2 Å². The van der Waals surface area contributed by atoms with Gasteiger partial charge in [-0.2, -0.15) is 13.2 Å². The number of nitrogens with zero attached hydrogens (tertiary/aromatic N) is 2. The van der Waals surface area contributed by atoms with Gasteiger partial charge in [-0.15, -0.1) is 35.3 Å². The Bertz CT molecular complexity index is 764. The Hall–Kier alpha value is -1.56. The molecule has 5 nitrogen and oxygen atoms in total. The highest BCUT2D eigenvalue weighted by molar-refractivity contribution is 14.0. The highest BCUT2D eigenvalue weighted by Gasteiger charge is 2.33. The van der Waals surface area contributed by atoms with Gasteiger partial charge < -0.3 is 15.4 Å². The molecule has 2 N–H and O–H groups in total. The number of benzene rings is 1. The molecule has 0 amide bonds. The largest absolute Gasteiger partial charge is 0.493 e. The lowest BCUT2D eigenvalue weighted by atomic mass is 10.1. The number of hydrogen-bond acceptors (Lipinski definition) is 4. The molecule has 0 saturated carbocycles. The molecule has 0 aliphatic carbocycles. The minimum Gasteiger partial charge on any atom is -0.493 e. The van der Waals surface area contributed by atoms with Crippen molar-refractivity contribution in [2.45, 2.75) is 33.0 Å². The molecule has 0 spiro atoms. The maximum Gasteiger partial charge on any atom is 0.434 e. The first-order valence-electron chi connectivity index (χ1n) is 8.95. The monoisotopic (exact) mass is 542 g/mol. The quantitative estimate of drug-likeness (QED) is 0.288. The van der Waals surface area contributed by atoms with Crippen LogP contribution in [-0.2, 0) is 19.1 Å². The zero-order valence-electron chi connectivity index (χ0n) is 16.5. The molecule has 0 fully saturated rings. The van der Waals surface area contributed by atoms with Gasteiger partial charge in [0.25, 0.3) is 0 Å². The summed E-state index contributed by atoms with van der Waals surface area (Å²) in [7, 11) is 1.61. The van der Waals surface area contributed by atoms with E-state index in [4.69, 9.17) is 4.74 Å². The van der Waals surface area contributed by atoms with Crippen LogP contribution in [0.5, 0.6) is 5.75 Å². The first-order valence-corrected chi connectivity index (χ1v) is 9.83. The molecule has 0 aliphatic heterocycles. The lowest BCUT2D eigenvalue weighted by Crippen LogP contribution is -2.37. The van der Waals surface area contributed by atoms with E-state index in [9.17, 15) is 13.2 Å². The van der Waals surface area contributed by atoms with Gasteiger partial charge in [0.05, 0.1) is 13.2 Å². The van der Waals surface area contributed by atoms with Crippen molar-refractivity contribution in [2.24, 2.45) is 10.9 Å². The van der Waals surface area contributed by atoms with Crippen LogP contribution in [-0.4, -0.2) is 31.1 Å². The average molecular weight is 542 g/mol. The zero-order valence-corrected chi connectivity index (χ0v) is 19.7. The second-order valence-electron chi connectivity index (χ2n) is 6.58. The molecule has 1 aromatic carbocycles. The summed E-state index contributed by atoms with van der Waals surface area (Å²) in [5.41, 5.74) is 0.285. The highest BCUT2D eigenvalue weighted by Crippen LogP contribution is 2.29. The topological polar surface area (TPSA) is 58.5 Å². The molecular formula is C19H26F3IN4OS. The fourth-order valence-corrected chi connectivity index (χ4v) is 2.98. The third-order valence-electron chi connectivity index (χ3n) is 3.69. The lowest BCUT2D eigenvalue weighted by Gasteiger charge is -2.12. The number of thiazole rings is 1. The SMILES string of the molecule is CN=C(NCCc1ccc(OCC(C)C)cc1)NCc1nc(C(F)(F)F)cs1.I. The number of hydrogen-bond donors (Lipinski definition) is 2. The standard InChI is InChI=1S/C19H25F3N4OS.HI/c1-13(2)11-27-15-6-4-14(5-7-15)8-9-24-18(23-3)25-10-17-26-16(12-28-17)19(20,21)22;/h4-7,12-13H,8-11H2,1-3H3,(H2,23,24,25);1H. The number of nitrogens with one attached hydrogen (secondary N) is 2. The number of halogens is 4. The van der Waals surface area contributed by atoms with Crippen molar-refractivity contribution in [1.29, 1.82) is 0 Å². The third kappa shape index (κ3) is 9.20. The van der Waals surface area contributed by atoms with Gasteiger partial charge in [-0.25, -0.2) is 4.98 Å². The molecule has 0 saturated heterocycles. The van der Waals surface area contributed by atoms with Crippen molar-refractivity contribution < 1.29 is 17.9 Å². The first-order chi connectivity index (χ1) is 13.3. The molecule has 2 aromatic rings. The van der Waals surface area contributed by atoms with Crippen molar-refractivity contribution in [3.63, 3.8) is 0 Å². The van der Waals surface area contributed by atoms with Gasteiger partial charge in [0.15, 0.2) is 11.7 Å². The van der Waals surface area contributed by atoms with Crippen molar-refractivity contribution in [1.82, 2.24) is 15.6 Å². The number of aliphatic imine (C=N–C) groups is 1.